The predicted molar refractivity (Wildman–Crippen MR) is 69.7 cm³/mol. The number of halogens is 1. The summed E-state index contributed by atoms with van der Waals surface area (Å²) in [5.41, 5.74) is 5.77. The minimum Gasteiger partial charge on any atom is -0.399 e. The first kappa shape index (κ1) is 14.7. The molecule has 0 bridgehead atoms. The van der Waals surface area contributed by atoms with E-state index in [1.165, 1.54) is 18.2 Å². The summed E-state index contributed by atoms with van der Waals surface area (Å²) in [6.07, 6.45) is 0. The normalized spacial score (nSPS) is 11.2. The Hall–Kier alpha value is -1.31. The topological polar surface area (TPSA) is 101 Å². The summed E-state index contributed by atoms with van der Waals surface area (Å²) in [6.45, 7) is 1.82. The van der Waals surface area contributed by atoms with Gasteiger partial charge >= 0.3 is 0 Å². The van der Waals surface area contributed by atoms with Crippen molar-refractivity contribution in [3.63, 3.8) is 0 Å². The van der Waals surface area contributed by atoms with Crippen molar-refractivity contribution in [1.82, 2.24) is 10.0 Å². The fraction of sp³-hybridized carbons (Fsp3) is 0.300. The Morgan fingerprint density at radius 1 is 1.44 bits per heavy atom. The van der Waals surface area contributed by atoms with Crippen LogP contribution in [0.4, 0.5) is 5.69 Å². The second-order valence-electron chi connectivity index (χ2n) is 3.47. The average molecular weight is 292 g/mol. The molecule has 0 aliphatic carbocycles. The molecule has 18 heavy (non-hydrogen) atoms. The first-order valence-electron chi connectivity index (χ1n) is 5.18. The molecule has 0 aromatic heterocycles. The minimum absolute atomic E-state index is 0.0487. The van der Waals surface area contributed by atoms with E-state index in [1.807, 2.05) is 0 Å². The Balaban J connectivity index is 2.87. The van der Waals surface area contributed by atoms with E-state index in [0.717, 1.165) is 0 Å². The second kappa shape index (κ2) is 6.03. The quantitative estimate of drug-likeness (QED) is 0.681. The molecule has 0 aliphatic rings. The van der Waals surface area contributed by atoms with Gasteiger partial charge in [-0.3, -0.25) is 4.79 Å². The summed E-state index contributed by atoms with van der Waals surface area (Å²) in [5, 5.41) is 2.52. The minimum atomic E-state index is -3.85. The lowest BCUT2D eigenvalue weighted by atomic mass is 10.3. The molecular formula is C10H14ClN3O3S. The van der Waals surface area contributed by atoms with Crippen molar-refractivity contribution in [2.75, 3.05) is 18.8 Å². The number of hydrogen-bond donors (Lipinski definition) is 3. The van der Waals surface area contributed by atoms with E-state index in [4.69, 9.17) is 17.3 Å². The van der Waals surface area contributed by atoms with Crippen LogP contribution in [0, 0.1) is 0 Å². The van der Waals surface area contributed by atoms with Crippen LogP contribution < -0.4 is 15.8 Å². The lowest BCUT2D eigenvalue weighted by Gasteiger charge is -2.08. The fourth-order valence-electron chi connectivity index (χ4n) is 1.22. The van der Waals surface area contributed by atoms with Gasteiger partial charge in [-0.1, -0.05) is 11.6 Å². The molecule has 0 fully saturated rings. The number of nitrogen functional groups attached to an aromatic ring is 1. The third kappa shape index (κ3) is 3.86. The number of rotatable bonds is 5. The molecule has 100 valence electrons. The number of likely N-dealkylation sites (N-methyl/N-ethyl adjacent to an activating group) is 1. The lowest BCUT2D eigenvalue weighted by Crippen LogP contribution is -2.36. The first-order chi connectivity index (χ1) is 8.36. The van der Waals surface area contributed by atoms with Crippen molar-refractivity contribution < 1.29 is 13.2 Å². The van der Waals surface area contributed by atoms with Crippen LogP contribution >= 0.6 is 11.6 Å². The molecule has 0 unspecified atom stereocenters. The summed E-state index contributed by atoms with van der Waals surface area (Å²) >= 11 is 5.78. The number of amides is 1. The van der Waals surface area contributed by atoms with Gasteiger partial charge in [0.1, 0.15) is 4.90 Å². The molecular weight excluding hydrogens is 278 g/mol. The highest BCUT2D eigenvalue weighted by Crippen LogP contribution is 2.23. The van der Waals surface area contributed by atoms with Crippen molar-refractivity contribution >= 4 is 33.2 Å². The van der Waals surface area contributed by atoms with Gasteiger partial charge in [0.15, 0.2) is 0 Å². The van der Waals surface area contributed by atoms with Crippen molar-refractivity contribution in [3.05, 3.63) is 23.2 Å². The molecule has 0 radical (unpaired) electrons. The number of sulfonamides is 1. The Morgan fingerprint density at radius 2 is 2.11 bits per heavy atom. The Bertz CT molecular complexity index is 545. The van der Waals surface area contributed by atoms with Crippen molar-refractivity contribution in [1.29, 1.82) is 0 Å². The second-order valence-corrected chi connectivity index (χ2v) is 5.61. The monoisotopic (exact) mass is 291 g/mol. The fourth-order valence-corrected chi connectivity index (χ4v) is 2.74. The first-order valence-corrected chi connectivity index (χ1v) is 7.04. The van der Waals surface area contributed by atoms with E-state index in [0.29, 0.717) is 6.54 Å². The van der Waals surface area contributed by atoms with Crippen LogP contribution in [0.15, 0.2) is 23.1 Å². The molecule has 1 amide bonds. The highest BCUT2D eigenvalue weighted by Gasteiger charge is 2.18. The summed E-state index contributed by atoms with van der Waals surface area (Å²) in [4.78, 5) is 11.0. The maximum absolute atomic E-state index is 11.9. The van der Waals surface area contributed by atoms with E-state index in [2.05, 4.69) is 10.0 Å². The Labute approximate surface area is 111 Å². The highest BCUT2D eigenvalue weighted by molar-refractivity contribution is 7.89. The van der Waals surface area contributed by atoms with E-state index >= 15 is 0 Å². The van der Waals surface area contributed by atoms with Crippen LogP contribution in [-0.2, 0) is 14.8 Å². The molecule has 8 heteroatoms. The molecule has 0 saturated heterocycles. The van der Waals surface area contributed by atoms with Crippen molar-refractivity contribution in [3.8, 4) is 0 Å². The summed E-state index contributed by atoms with van der Waals surface area (Å²) in [7, 11) is -3.85. The molecule has 0 aliphatic heterocycles. The lowest BCUT2D eigenvalue weighted by molar-refractivity contribution is -0.119. The number of carbonyl (C=O) groups excluding carboxylic acids is 1. The van der Waals surface area contributed by atoms with Crippen molar-refractivity contribution in [2.45, 2.75) is 11.8 Å². The third-order valence-corrected chi connectivity index (χ3v) is 3.92. The van der Waals surface area contributed by atoms with Crippen LogP contribution in [0.1, 0.15) is 6.92 Å². The number of hydrogen-bond acceptors (Lipinski definition) is 4. The molecule has 0 atom stereocenters. The summed E-state index contributed by atoms with van der Waals surface area (Å²) in [5.74, 6) is -0.416. The van der Waals surface area contributed by atoms with E-state index in [1.54, 1.807) is 6.92 Å². The van der Waals surface area contributed by atoms with Gasteiger partial charge in [0.25, 0.3) is 0 Å². The SMILES string of the molecule is CCNC(=O)CNS(=O)(=O)c1cc(N)ccc1Cl. The third-order valence-electron chi connectivity index (χ3n) is 2.04. The van der Waals surface area contributed by atoms with Crippen LogP contribution in [-0.4, -0.2) is 27.4 Å². The van der Waals surface area contributed by atoms with Gasteiger partial charge in [0.2, 0.25) is 15.9 Å². The van der Waals surface area contributed by atoms with Gasteiger partial charge in [-0.15, -0.1) is 0 Å². The van der Waals surface area contributed by atoms with Crippen LogP contribution in [0.25, 0.3) is 0 Å². The molecule has 0 heterocycles. The number of nitrogens with two attached hydrogens (primary N) is 1. The zero-order chi connectivity index (χ0) is 13.8. The van der Waals surface area contributed by atoms with Gasteiger partial charge in [-0.05, 0) is 25.1 Å². The standard InChI is InChI=1S/C10H14ClN3O3S/c1-2-13-10(15)6-14-18(16,17)9-5-7(12)3-4-8(9)11/h3-5,14H,2,6,12H2,1H3,(H,13,15). The summed E-state index contributed by atoms with van der Waals surface area (Å²) < 4.78 is 25.9. The highest BCUT2D eigenvalue weighted by atomic mass is 35.5. The van der Waals surface area contributed by atoms with Gasteiger partial charge in [0, 0.05) is 12.2 Å². The molecule has 0 spiro atoms. The van der Waals surface area contributed by atoms with E-state index in [9.17, 15) is 13.2 Å². The molecule has 0 saturated carbocycles. The molecule has 1 rings (SSSR count). The number of anilines is 1. The zero-order valence-corrected chi connectivity index (χ0v) is 11.3. The number of nitrogens with one attached hydrogen (secondary N) is 2. The maximum Gasteiger partial charge on any atom is 0.242 e. The van der Waals surface area contributed by atoms with Crippen molar-refractivity contribution in [2.24, 2.45) is 0 Å². The zero-order valence-electron chi connectivity index (χ0n) is 9.73. The van der Waals surface area contributed by atoms with Gasteiger partial charge in [-0.2, -0.15) is 0 Å². The maximum atomic E-state index is 11.9. The number of benzene rings is 1. The van der Waals surface area contributed by atoms with E-state index in [-0.39, 0.29) is 22.2 Å². The van der Waals surface area contributed by atoms with Crippen LogP contribution in [0.5, 0.6) is 0 Å². The largest absolute Gasteiger partial charge is 0.399 e. The van der Waals surface area contributed by atoms with Gasteiger partial charge < -0.3 is 11.1 Å². The van der Waals surface area contributed by atoms with Gasteiger partial charge in [0.05, 0.1) is 11.6 Å². The average Bonchev–Trinajstić information content (AvgIpc) is 2.30. The van der Waals surface area contributed by atoms with Crippen LogP contribution in [0.2, 0.25) is 5.02 Å². The van der Waals surface area contributed by atoms with E-state index < -0.39 is 15.9 Å². The number of carbonyl (C=O) groups is 1. The molecule has 1 aromatic carbocycles. The Morgan fingerprint density at radius 3 is 2.72 bits per heavy atom. The summed E-state index contributed by atoms with van der Waals surface area (Å²) in [6, 6.07) is 4.12. The van der Waals surface area contributed by atoms with Gasteiger partial charge in [-0.25, -0.2) is 13.1 Å². The Kier molecular flexibility index (Phi) is 4.94. The molecule has 6 nitrogen and oxygen atoms in total. The molecule has 1 aromatic rings. The smallest absolute Gasteiger partial charge is 0.242 e. The van der Waals surface area contributed by atoms with Crippen LogP contribution in [0.3, 0.4) is 0 Å². The molecule has 4 N–H and O–H groups in total. The predicted octanol–water partition coefficient (Wildman–Crippen LogP) is 0.337.